The summed E-state index contributed by atoms with van der Waals surface area (Å²) >= 11 is 1.52. The van der Waals surface area contributed by atoms with Gasteiger partial charge in [0.1, 0.15) is 12.4 Å². The lowest BCUT2D eigenvalue weighted by atomic mass is 10.0. The predicted octanol–water partition coefficient (Wildman–Crippen LogP) is 2.53. The molecule has 4 rings (SSSR count). The maximum absolute atomic E-state index is 12.6. The summed E-state index contributed by atoms with van der Waals surface area (Å²) in [5.74, 6) is 0.962. The summed E-state index contributed by atoms with van der Waals surface area (Å²) in [6.45, 7) is 4.70. The number of carbonyl (C=O) groups excluding carboxylic acids is 2. The van der Waals surface area contributed by atoms with E-state index >= 15 is 0 Å². The first-order valence-electron chi connectivity index (χ1n) is 9.22. The van der Waals surface area contributed by atoms with E-state index in [0.29, 0.717) is 32.8 Å². The maximum atomic E-state index is 12.6. The molecule has 0 saturated carbocycles. The van der Waals surface area contributed by atoms with E-state index in [9.17, 15) is 9.59 Å². The van der Waals surface area contributed by atoms with Crippen LogP contribution in [0.3, 0.4) is 0 Å². The highest BCUT2D eigenvalue weighted by atomic mass is 32.1. The molecule has 1 unspecified atom stereocenters. The Kier molecular flexibility index (Phi) is 5.03. The van der Waals surface area contributed by atoms with Crippen LogP contribution in [0.2, 0.25) is 0 Å². The Morgan fingerprint density at radius 1 is 1.07 bits per heavy atom. The molecule has 1 saturated heterocycles. The SMILES string of the molecule is Cc1ccc(C(=O)N2CCN(C(=O)NC3COc4ccccc4C3)CC2)s1. The Bertz CT molecular complexity index is 843. The lowest BCUT2D eigenvalue weighted by molar-refractivity contribution is 0.0666. The van der Waals surface area contributed by atoms with Gasteiger partial charge >= 0.3 is 6.03 Å². The number of rotatable bonds is 2. The molecule has 1 aromatic carbocycles. The molecule has 7 heteroatoms. The van der Waals surface area contributed by atoms with Crippen LogP contribution in [-0.2, 0) is 6.42 Å². The first kappa shape index (κ1) is 17.9. The van der Waals surface area contributed by atoms with Gasteiger partial charge in [-0.3, -0.25) is 4.79 Å². The molecule has 3 amide bonds. The molecule has 0 bridgehead atoms. The molecule has 1 aromatic heterocycles. The average Bonchev–Trinajstić information content (AvgIpc) is 3.14. The van der Waals surface area contributed by atoms with E-state index < -0.39 is 0 Å². The maximum Gasteiger partial charge on any atom is 0.317 e. The monoisotopic (exact) mass is 385 g/mol. The fourth-order valence-electron chi connectivity index (χ4n) is 3.50. The van der Waals surface area contributed by atoms with Gasteiger partial charge in [0.15, 0.2) is 0 Å². The number of benzene rings is 1. The number of nitrogens with zero attached hydrogens (tertiary/aromatic N) is 2. The van der Waals surface area contributed by atoms with Crippen LogP contribution in [0.4, 0.5) is 4.79 Å². The van der Waals surface area contributed by atoms with Gasteiger partial charge in [0.25, 0.3) is 5.91 Å². The van der Waals surface area contributed by atoms with Crippen molar-refractivity contribution >= 4 is 23.3 Å². The third kappa shape index (κ3) is 3.93. The second kappa shape index (κ2) is 7.60. The van der Waals surface area contributed by atoms with Crippen molar-refractivity contribution < 1.29 is 14.3 Å². The number of thiophene rings is 1. The van der Waals surface area contributed by atoms with Gasteiger partial charge < -0.3 is 19.9 Å². The van der Waals surface area contributed by atoms with Gasteiger partial charge in [-0.05, 0) is 37.1 Å². The lowest BCUT2D eigenvalue weighted by Gasteiger charge is -2.36. The summed E-state index contributed by atoms with van der Waals surface area (Å²) in [7, 11) is 0. The normalized spacial score (nSPS) is 19.2. The Hall–Kier alpha value is -2.54. The third-order valence-electron chi connectivity index (χ3n) is 5.01. The van der Waals surface area contributed by atoms with Crippen LogP contribution < -0.4 is 10.1 Å². The summed E-state index contributed by atoms with van der Waals surface area (Å²) in [5.41, 5.74) is 1.12. The zero-order valence-electron chi connectivity index (χ0n) is 15.3. The minimum atomic E-state index is -0.0814. The highest BCUT2D eigenvalue weighted by Gasteiger charge is 2.28. The van der Waals surface area contributed by atoms with E-state index in [4.69, 9.17) is 4.74 Å². The van der Waals surface area contributed by atoms with Gasteiger partial charge in [-0.2, -0.15) is 0 Å². The second-order valence-corrected chi connectivity index (χ2v) is 8.25. The zero-order chi connectivity index (χ0) is 18.8. The number of urea groups is 1. The van der Waals surface area contributed by atoms with Crippen molar-refractivity contribution in [3.8, 4) is 5.75 Å². The van der Waals surface area contributed by atoms with Gasteiger partial charge in [-0.25, -0.2) is 4.79 Å². The first-order chi connectivity index (χ1) is 13.1. The fourth-order valence-corrected chi connectivity index (χ4v) is 4.34. The number of ether oxygens (including phenoxy) is 1. The molecule has 1 fully saturated rings. The van der Waals surface area contributed by atoms with E-state index in [-0.39, 0.29) is 18.0 Å². The van der Waals surface area contributed by atoms with E-state index in [0.717, 1.165) is 27.5 Å². The van der Waals surface area contributed by atoms with E-state index in [1.807, 2.05) is 48.2 Å². The molecule has 142 valence electrons. The number of nitrogens with one attached hydrogen (secondary N) is 1. The smallest absolute Gasteiger partial charge is 0.317 e. The molecular formula is C20H23N3O3S. The molecule has 2 aliphatic rings. The van der Waals surface area contributed by atoms with Crippen molar-refractivity contribution in [3.05, 3.63) is 51.7 Å². The lowest BCUT2D eigenvalue weighted by Crippen LogP contribution is -2.55. The first-order valence-corrected chi connectivity index (χ1v) is 10.0. The Balaban J connectivity index is 1.28. The number of hydrogen-bond donors (Lipinski definition) is 1. The van der Waals surface area contributed by atoms with Gasteiger partial charge in [0.05, 0.1) is 10.9 Å². The average molecular weight is 385 g/mol. The summed E-state index contributed by atoms with van der Waals surface area (Å²) in [6, 6.07) is 11.7. The van der Waals surface area contributed by atoms with Crippen LogP contribution in [-0.4, -0.2) is 60.6 Å². The van der Waals surface area contributed by atoms with Crippen molar-refractivity contribution in [1.82, 2.24) is 15.1 Å². The molecule has 27 heavy (non-hydrogen) atoms. The van der Waals surface area contributed by atoms with Crippen LogP contribution >= 0.6 is 11.3 Å². The number of hydrogen-bond acceptors (Lipinski definition) is 4. The highest BCUT2D eigenvalue weighted by Crippen LogP contribution is 2.24. The van der Waals surface area contributed by atoms with Crippen LogP contribution in [0, 0.1) is 6.92 Å². The van der Waals surface area contributed by atoms with Crippen molar-refractivity contribution in [3.63, 3.8) is 0 Å². The predicted molar refractivity (Wildman–Crippen MR) is 104 cm³/mol. The molecule has 2 aromatic rings. The van der Waals surface area contributed by atoms with E-state index in [1.54, 1.807) is 4.90 Å². The number of fused-ring (bicyclic) bond motifs is 1. The minimum absolute atomic E-state index is 0.0267. The fraction of sp³-hybridized carbons (Fsp3) is 0.400. The number of para-hydroxylation sites is 1. The summed E-state index contributed by atoms with van der Waals surface area (Å²) in [4.78, 5) is 30.6. The summed E-state index contributed by atoms with van der Waals surface area (Å²) < 4.78 is 5.74. The summed E-state index contributed by atoms with van der Waals surface area (Å²) in [6.07, 6.45) is 0.776. The van der Waals surface area contributed by atoms with Crippen molar-refractivity contribution in [2.24, 2.45) is 0 Å². The molecule has 0 spiro atoms. The molecule has 6 nitrogen and oxygen atoms in total. The molecule has 1 N–H and O–H groups in total. The number of carbonyl (C=O) groups is 2. The second-order valence-electron chi connectivity index (χ2n) is 6.96. The van der Waals surface area contributed by atoms with Gasteiger partial charge in [0.2, 0.25) is 0 Å². The van der Waals surface area contributed by atoms with Gasteiger partial charge in [0, 0.05) is 31.1 Å². The van der Waals surface area contributed by atoms with Crippen molar-refractivity contribution in [2.45, 2.75) is 19.4 Å². The van der Waals surface area contributed by atoms with Gasteiger partial charge in [-0.1, -0.05) is 18.2 Å². The Labute approximate surface area is 162 Å². The summed E-state index contributed by atoms with van der Waals surface area (Å²) in [5, 5.41) is 3.07. The van der Waals surface area contributed by atoms with E-state index in [2.05, 4.69) is 5.32 Å². The van der Waals surface area contributed by atoms with E-state index in [1.165, 1.54) is 11.3 Å². The molecule has 2 aliphatic heterocycles. The topological polar surface area (TPSA) is 61.9 Å². The third-order valence-corrected chi connectivity index (χ3v) is 6.00. The number of amides is 3. The molecule has 0 aliphatic carbocycles. The van der Waals surface area contributed by atoms with Crippen LogP contribution in [0.25, 0.3) is 0 Å². The molecule has 3 heterocycles. The van der Waals surface area contributed by atoms with Crippen LogP contribution in [0.5, 0.6) is 5.75 Å². The standard InChI is InChI=1S/C20H23N3O3S/c1-14-6-7-18(27-14)19(24)22-8-10-23(11-9-22)20(25)21-16-12-15-4-2-3-5-17(15)26-13-16/h2-7,16H,8-13H2,1H3,(H,21,25). The van der Waals surface area contributed by atoms with Crippen LogP contribution in [0.1, 0.15) is 20.1 Å². The zero-order valence-corrected chi connectivity index (χ0v) is 16.1. The van der Waals surface area contributed by atoms with Gasteiger partial charge in [-0.15, -0.1) is 11.3 Å². The number of piperazine rings is 1. The molecule has 1 atom stereocenters. The Morgan fingerprint density at radius 2 is 1.81 bits per heavy atom. The number of aryl methyl sites for hydroxylation is 1. The molecular weight excluding hydrogens is 362 g/mol. The largest absolute Gasteiger partial charge is 0.491 e. The van der Waals surface area contributed by atoms with Crippen molar-refractivity contribution in [2.75, 3.05) is 32.8 Å². The highest BCUT2D eigenvalue weighted by molar-refractivity contribution is 7.13. The quantitative estimate of drug-likeness (QED) is 0.864. The van der Waals surface area contributed by atoms with Crippen molar-refractivity contribution in [1.29, 1.82) is 0 Å². The molecule has 0 radical (unpaired) electrons. The minimum Gasteiger partial charge on any atom is -0.491 e. The Morgan fingerprint density at radius 3 is 2.56 bits per heavy atom. The van der Waals surface area contributed by atoms with Crippen LogP contribution in [0.15, 0.2) is 36.4 Å².